The molecule has 1 N–H and O–H groups in total. The Morgan fingerprint density at radius 1 is 1.06 bits per heavy atom. The average Bonchev–Trinajstić information content (AvgIpc) is 2.92. The molecule has 9 heteroatoms. The molecule has 0 spiro atoms. The minimum atomic E-state index is -0.896. The van der Waals surface area contributed by atoms with E-state index in [9.17, 15) is 19.2 Å². The van der Waals surface area contributed by atoms with Gasteiger partial charge in [-0.2, -0.15) is 0 Å². The highest BCUT2D eigenvalue weighted by molar-refractivity contribution is 8.01. The van der Waals surface area contributed by atoms with E-state index in [1.54, 1.807) is 21.7 Å². The van der Waals surface area contributed by atoms with Gasteiger partial charge in [0.15, 0.2) is 7.85 Å². The number of hydrogen-bond donors (Lipinski definition) is 1. The molecule has 1 heterocycles. The topological polar surface area (TPSA) is 92.8 Å². The number of hydrogen-bond acceptors (Lipinski definition) is 6. The number of nitrogens with one attached hydrogen (secondary N) is 1. The molecule has 1 aliphatic rings. The van der Waals surface area contributed by atoms with Crippen LogP contribution in [-0.2, 0) is 23.9 Å². The fraction of sp³-hybridized carbons (Fsp3) is 0.846. The molecule has 0 aromatic rings. The van der Waals surface area contributed by atoms with Crippen molar-refractivity contribution in [1.29, 1.82) is 0 Å². The number of imide groups is 1. The number of rotatable bonds is 14. The van der Waals surface area contributed by atoms with Crippen molar-refractivity contribution in [2.75, 3.05) is 6.61 Å². The van der Waals surface area contributed by atoms with Gasteiger partial charge in [0.1, 0.15) is 0 Å². The summed E-state index contributed by atoms with van der Waals surface area (Å²) in [6.45, 7) is 19.9. The second-order valence-corrected chi connectivity index (χ2v) is 14.4. The molecule has 1 fully saturated rings. The van der Waals surface area contributed by atoms with E-state index in [0.717, 1.165) is 6.42 Å². The molecule has 0 saturated carbocycles. The molecule has 1 unspecified atom stereocenters. The molecule has 0 aromatic heterocycles. The molecule has 0 aromatic carbocycles. The molecule has 0 aliphatic carbocycles. The predicted molar refractivity (Wildman–Crippen MR) is 145 cm³/mol. The Kier molecular flexibility index (Phi) is 10.7. The second-order valence-electron chi connectivity index (χ2n) is 12.7. The van der Waals surface area contributed by atoms with Gasteiger partial charge in [-0.3, -0.25) is 19.3 Å². The van der Waals surface area contributed by atoms with Gasteiger partial charge in [0, 0.05) is 30.4 Å². The molecule has 0 bridgehead atoms. The van der Waals surface area contributed by atoms with Crippen molar-refractivity contribution in [3.63, 3.8) is 0 Å². The van der Waals surface area contributed by atoms with Gasteiger partial charge in [0.2, 0.25) is 17.7 Å². The summed E-state index contributed by atoms with van der Waals surface area (Å²) in [5, 5.41) is 2.96. The summed E-state index contributed by atoms with van der Waals surface area (Å²) in [5.74, 6) is -0.600. The lowest BCUT2D eigenvalue weighted by molar-refractivity contribution is -0.145. The van der Waals surface area contributed by atoms with Crippen molar-refractivity contribution >= 4 is 43.0 Å². The molecule has 200 valence electrons. The van der Waals surface area contributed by atoms with E-state index in [2.05, 4.69) is 5.32 Å². The first kappa shape index (κ1) is 31.7. The smallest absolute Gasteiger partial charge is 0.243 e. The van der Waals surface area contributed by atoms with Crippen LogP contribution < -0.4 is 5.32 Å². The minimum Gasteiger partial charge on any atom is -0.376 e. The van der Waals surface area contributed by atoms with Crippen LogP contribution in [0.1, 0.15) is 101 Å². The minimum absolute atomic E-state index is 0.0486. The van der Waals surface area contributed by atoms with E-state index in [1.807, 2.05) is 55.4 Å². The molecular formula is C26H47BN2O5S. The van der Waals surface area contributed by atoms with E-state index in [-0.39, 0.29) is 46.7 Å². The van der Waals surface area contributed by atoms with Gasteiger partial charge < -0.3 is 14.8 Å². The number of nitrogens with zero attached hydrogens (tertiary/aromatic N) is 1. The van der Waals surface area contributed by atoms with Crippen LogP contribution in [0.2, 0.25) is 0 Å². The number of carbonyl (C=O) groups excluding carboxylic acids is 4. The zero-order valence-electron chi connectivity index (χ0n) is 23.8. The maximum absolute atomic E-state index is 12.9. The number of thioether (sulfide) groups is 1. The van der Waals surface area contributed by atoms with Crippen molar-refractivity contribution in [2.45, 2.75) is 129 Å². The lowest BCUT2D eigenvalue weighted by Crippen LogP contribution is -2.53. The van der Waals surface area contributed by atoms with Gasteiger partial charge >= 0.3 is 0 Å². The Balaban J connectivity index is 2.64. The summed E-state index contributed by atoms with van der Waals surface area (Å²) >= 11 is 1.50. The van der Waals surface area contributed by atoms with E-state index < -0.39 is 22.1 Å². The standard InChI is InChI=1S/C26H47BN2O5S/c1-17(2)35-18-15-20(31)29(21(18)32)25(7,8)16-19(30)28-24(5,6)11-12-26(9,10)34-14-13-23(3,4)22(27)33/h17-18H,11-16,27H2,1-10H3,(H,28,30). The van der Waals surface area contributed by atoms with Crippen LogP contribution in [0.4, 0.5) is 0 Å². The van der Waals surface area contributed by atoms with Crippen molar-refractivity contribution in [1.82, 2.24) is 10.2 Å². The van der Waals surface area contributed by atoms with Crippen molar-refractivity contribution in [3.05, 3.63) is 0 Å². The third kappa shape index (κ3) is 9.91. The van der Waals surface area contributed by atoms with Crippen LogP contribution in [0.5, 0.6) is 0 Å². The van der Waals surface area contributed by atoms with E-state index in [1.165, 1.54) is 16.7 Å². The van der Waals surface area contributed by atoms with E-state index >= 15 is 0 Å². The fourth-order valence-corrected chi connectivity index (χ4v) is 5.19. The normalized spacial score (nSPS) is 17.9. The Bertz CT molecular complexity index is 808. The zero-order valence-corrected chi connectivity index (χ0v) is 24.6. The maximum atomic E-state index is 12.9. The van der Waals surface area contributed by atoms with Crippen LogP contribution in [0.15, 0.2) is 0 Å². The zero-order chi connectivity index (χ0) is 27.4. The highest BCUT2D eigenvalue weighted by atomic mass is 32.2. The summed E-state index contributed by atoms with van der Waals surface area (Å²) in [5.41, 5.74) is -2.03. The Labute approximate surface area is 217 Å². The third-order valence-corrected chi connectivity index (χ3v) is 7.98. The summed E-state index contributed by atoms with van der Waals surface area (Å²) < 4.78 is 6.08. The van der Waals surface area contributed by atoms with E-state index in [4.69, 9.17) is 4.74 Å². The molecule has 1 atom stereocenters. The molecule has 1 rings (SSSR count). The molecule has 0 radical (unpaired) electrons. The van der Waals surface area contributed by atoms with Crippen LogP contribution in [-0.4, -0.2) is 69.9 Å². The van der Waals surface area contributed by atoms with Crippen molar-refractivity contribution in [2.24, 2.45) is 5.41 Å². The summed E-state index contributed by atoms with van der Waals surface area (Å²) in [7, 11) is 1.61. The molecule has 3 amide bonds. The first-order valence-corrected chi connectivity index (χ1v) is 13.6. The third-order valence-electron chi connectivity index (χ3n) is 6.74. The van der Waals surface area contributed by atoms with Gasteiger partial charge in [-0.15, -0.1) is 11.8 Å². The molecule has 1 saturated heterocycles. The van der Waals surface area contributed by atoms with E-state index in [0.29, 0.717) is 19.4 Å². The van der Waals surface area contributed by atoms with Gasteiger partial charge in [0.25, 0.3) is 0 Å². The lowest BCUT2D eigenvalue weighted by atomic mass is 9.75. The van der Waals surface area contributed by atoms with Gasteiger partial charge in [-0.1, -0.05) is 27.7 Å². The van der Waals surface area contributed by atoms with Crippen LogP contribution in [0.3, 0.4) is 0 Å². The maximum Gasteiger partial charge on any atom is 0.243 e. The Morgan fingerprint density at radius 3 is 2.14 bits per heavy atom. The monoisotopic (exact) mass is 510 g/mol. The fourth-order valence-electron chi connectivity index (χ4n) is 4.08. The predicted octanol–water partition coefficient (Wildman–Crippen LogP) is 3.47. The average molecular weight is 511 g/mol. The summed E-state index contributed by atoms with van der Waals surface area (Å²) in [6.07, 6.45) is 2.31. The SMILES string of the molecule is BC(=O)C(C)(C)CCOC(C)(C)CCC(C)(C)NC(=O)CC(C)(C)N1C(=O)CC(SC(C)C)C1=O. The van der Waals surface area contributed by atoms with Gasteiger partial charge in [-0.25, -0.2) is 0 Å². The summed E-state index contributed by atoms with van der Waals surface area (Å²) in [6, 6.07) is 0. The molecule has 35 heavy (non-hydrogen) atoms. The Morgan fingerprint density at radius 2 is 1.63 bits per heavy atom. The molecular weight excluding hydrogens is 463 g/mol. The highest BCUT2D eigenvalue weighted by Gasteiger charge is 2.47. The van der Waals surface area contributed by atoms with Gasteiger partial charge in [-0.05, 0) is 66.1 Å². The number of ether oxygens (including phenoxy) is 1. The molecule has 1 aliphatic heterocycles. The van der Waals surface area contributed by atoms with Crippen LogP contribution in [0.25, 0.3) is 0 Å². The van der Waals surface area contributed by atoms with Crippen LogP contribution >= 0.6 is 11.8 Å². The van der Waals surface area contributed by atoms with Gasteiger partial charge in [0.05, 0.1) is 22.1 Å². The molecule has 7 nitrogen and oxygen atoms in total. The number of amides is 3. The first-order valence-electron chi connectivity index (χ1n) is 12.7. The largest absolute Gasteiger partial charge is 0.376 e. The first-order chi connectivity index (χ1) is 15.7. The lowest BCUT2D eigenvalue weighted by Gasteiger charge is -2.36. The number of carbonyl (C=O) groups is 4. The quantitative estimate of drug-likeness (QED) is 0.284. The van der Waals surface area contributed by atoms with Crippen molar-refractivity contribution in [3.8, 4) is 0 Å². The van der Waals surface area contributed by atoms with Crippen LogP contribution in [0, 0.1) is 5.41 Å². The highest BCUT2D eigenvalue weighted by Crippen LogP contribution is 2.34. The Hall–Kier alpha value is -1.35. The van der Waals surface area contributed by atoms with Crippen molar-refractivity contribution < 1.29 is 23.9 Å². The number of likely N-dealkylation sites (tertiary alicyclic amines) is 1. The summed E-state index contributed by atoms with van der Waals surface area (Å²) in [4.78, 5) is 51.5. The second kappa shape index (κ2) is 11.8.